The van der Waals surface area contributed by atoms with Crippen molar-refractivity contribution in [1.29, 1.82) is 0 Å². The lowest BCUT2D eigenvalue weighted by Gasteiger charge is -2.40. The van der Waals surface area contributed by atoms with Crippen LogP contribution >= 0.6 is 0 Å². The number of pyridine rings is 1. The highest BCUT2D eigenvalue weighted by Gasteiger charge is 2.35. The van der Waals surface area contributed by atoms with E-state index in [0.29, 0.717) is 25.2 Å². The first-order chi connectivity index (χ1) is 10.2. The smallest absolute Gasteiger partial charge is 0.433 e. The van der Waals surface area contributed by atoms with Crippen LogP contribution in [-0.2, 0) is 15.7 Å². The van der Waals surface area contributed by atoms with Gasteiger partial charge < -0.3 is 9.64 Å². The summed E-state index contributed by atoms with van der Waals surface area (Å²) in [4.78, 5) is 16.7. The molecule has 0 atom stereocenters. The van der Waals surface area contributed by atoms with Gasteiger partial charge in [-0.25, -0.2) is 0 Å². The third-order valence-electron chi connectivity index (χ3n) is 4.17. The molecule has 0 spiro atoms. The summed E-state index contributed by atoms with van der Waals surface area (Å²) in [5.41, 5.74) is -0.529. The summed E-state index contributed by atoms with van der Waals surface area (Å²) >= 11 is 0. The van der Waals surface area contributed by atoms with Gasteiger partial charge in [-0.15, -0.1) is 0 Å². The number of hydrogen-bond acceptors (Lipinski definition) is 4. The topological polar surface area (TPSA) is 42.4 Å². The minimum absolute atomic E-state index is 0.163. The van der Waals surface area contributed by atoms with Crippen molar-refractivity contribution in [3.8, 4) is 0 Å². The second-order valence-corrected chi connectivity index (χ2v) is 5.95. The fraction of sp³-hybridized carbons (Fsp3) is 0.600. The summed E-state index contributed by atoms with van der Waals surface area (Å²) in [7, 11) is 1.36. The number of ether oxygens (including phenoxy) is 1. The van der Waals surface area contributed by atoms with Gasteiger partial charge in [0.25, 0.3) is 0 Å². The molecule has 1 saturated heterocycles. The maximum Gasteiger partial charge on any atom is 0.433 e. The summed E-state index contributed by atoms with van der Waals surface area (Å²) in [5, 5.41) is 0. The van der Waals surface area contributed by atoms with E-state index in [4.69, 9.17) is 4.74 Å². The maximum absolute atomic E-state index is 12.7. The van der Waals surface area contributed by atoms with Crippen LogP contribution in [0.25, 0.3) is 0 Å². The molecule has 1 aromatic rings. The molecule has 1 aliphatic rings. The Morgan fingerprint density at radius 3 is 2.59 bits per heavy atom. The molecule has 1 fully saturated rings. The Labute approximate surface area is 127 Å². The van der Waals surface area contributed by atoms with E-state index in [1.807, 2.05) is 11.8 Å². The first-order valence-corrected chi connectivity index (χ1v) is 7.08. The molecule has 122 valence electrons. The van der Waals surface area contributed by atoms with Gasteiger partial charge in [-0.2, -0.15) is 13.2 Å². The van der Waals surface area contributed by atoms with Crippen LogP contribution in [0, 0.1) is 5.41 Å². The predicted octanol–water partition coefficient (Wildman–Crippen LogP) is 3.27. The lowest BCUT2D eigenvalue weighted by atomic mass is 9.77. The number of carbonyl (C=O) groups excluding carboxylic acids is 1. The van der Waals surface area contributed by atoms with Crippen molar-refractivity contribution in [3.63, 3.8) is 0 Å². The van der Waals surface area contributed by atoms with E-state index >= 15 is 0 Å². The molecule has 0 N–H and O–H groups in total. The molecule has 1 aromatic heterocycles. The van der Waals surface area contributed by atoms with Crippen molar-refractivity contribution in [2.45, 2.75) is 32.4 Å². The lowest BCUT2D eigenvalue weighted by Crippen LogP contribution is -2.40. The number of anilines is 1. The van der Waals surface area contributed by atoms with Gasteiger partial charge in [-0.3, -0.25) is 9.78 Å². The number of aromatic nitrogens is 1. The van der Waals surface area contributed by atoms with Crippen LogP contribution in [0.2, 0.25) is 0 Å². The zero-order valence-corrected chi connectivity index (χ0v) is 12.6. The number of alkyl halides is 3. The van der Waals surface area contributed by atoms with E-state index in [2.05, 4.69) is 4.98 Å². The molecule has 4 nitrogen and oxygen atoms in total. The van der Waals surface area contributed by atoms with E-state index in [1.54, 1.807) is 6.07 Å². The molecule has 0 aliphatic carbocycles. The van der Waals surface area contributed by atoms with Crippen LogP contribution in [0.3, 0.4) is 0 Å². The number of piperidine rings is 1. The van der Waals surface area contributed by atoms with Crippen LogP contribution in [0.5, 0.6) is 0 Å². The average Bonchev–Trinajstić information content (AvgIpc) is 2.47. The van der Waals surface area contributed by atoms with Gasteiger partial charge in [0.05, 0.1) is 13.5 Å². The summed E-state index contributed by atoms with van der Waals surface area (Å²) in [6.45, 7) is 3.22. The number of halogens is 3. The number of carbonyl (C=O) groups is 1. The van der Waals surface area contributed by atoms with E-state index in [-0.39, 0.29) is 11.4 Å². The fourth-order valence-electron chi connectivity index (χ4n) is 2.67. The average molecular weight is 316 g/mol. The third-order valence-corrected chi connectivity index (χ3v) is 4.17. The second kappa shape index (κ2) is 6.14. The first kappa shape index (κ1) is 16.6. The standard InChI is InChI=1S/C15H19F3N2O2/c1-14(10-13(21)22-2)4-7-20(8-5-14)11-3-6-19-12(9-11)15(16,17)18/h3,6,9H,4-5,7-8,10H2,1-2H3. The highest BCUT2D eigenvalue weighted by molar-refractivity contribution is 5.70. The van der Waals surface area contributed by atoms with Crippen molar-refractivity contribution < 1.29 is 22.7 Å². The maximum atomic E-state index is 12.7. The number of rotatable bonds is 3. The van der Waals surface area contributed by atoms with Crippen LogP contribution in [0.15, 0.2) is 18.3 Å². The highest BCUT2D eigenvalue weighted by Crippen LogP contribution is 2.37. The molecule has 22 heavy (non-hydrogen) atoms. The zero-order valence-electron chi connectivity index (χ0n) is 12.6. The third kappa shape index (κ3) is 3.90. The summed E-state index contributed by atoms with van der Waals surface area (Å²) in [6, 6.07) is 2.65. The largest absolute Gasteiger partial charge is 0.469 e. The summed E-state index contributed by atoms with van der Waals surface area (Å²) in [6.07, 6.45) is -1.47. The van der Waals surface area contributed by atoms with Crippen LogP contribution in [0.4, 0.5) is 18.9 Å². The summed E-state index contributed by atoms with van der Waals surface area (Å²) < 4.78 is 42.8. The SMILES string of the molecule is COC(=O)CC1(C)CCN(c2ccnc(C(F)(F)F)c2)CC1. The Morgan fingerprint density at radius 1 is 1.41 bits per heavy atom. The molecular formula is C15H19F3N2O2. The molecule has 2 rings (SSSR count). The highest BCUT2D eigenvalue weighted by atomic mass is 19.4. The van der Waals surface area contributed by atoms with Gasteiger partial charge in [-0.1, -0.05) is 6.92 Å². The van der Waals surface area contributed by atoms with Crippen molar-refractivity contribution in [1.82, 2.24) is 4.98 Å². The Balaban J connectivity index is 2.04. The predicted molar refractivity (Wildman–Crippen MR) is 75.4 cm³/mol. The molecule has 0 bridgehead atoms. The molecule has 0 unspecified atom stereocenters. The molecule has 0 aromatic carbocycles. The van der Waals surface area contributed by atoms with Gasteiger partial charge >= 0.3 is 12.1 Å². The van der Waals surface area contributed by atoms with Gasteiger partial charge in [0.1, 0.15) is 5.69 Å². The zero-order chi connectivity index (χ0) is 16.4. The van der Waals surface area contributed by atoms with Crippen molar-refractivity contribution >= 4 is 11.7 Å². The molecule has 2 heterocycles. The van der Waals surface area contributed by atoms with Gasteiger partial charge in [0.2, 0.25) is 0 Å². The van der Waals surface area contributed by atoms with Crippen molar-refractivity contribution in [2.24, 2.45) is 5.41 Å². The van der Waals surface area contributed by atoms with Crippen molar-refractivity contribution in [3.05, 3.63) is 24.0 Å². The lowest BCUT2D eigenvalue weighted by molar-refractivity contribution is -0.143. The Morgan fingerprint density at radius 2 is 2.05 bits per heavy atom. The Bertz CT molecular complexity index is 538. The van der Waals surface area contributed by atoms with Crippen LogP contribution in [-0.4, -0.2) is 31.2 Å². The van der Waals surface area contributed by atoms with Gasteiger partial charge in [0, 0.05) is 25.0 Å². The normalized spacial score (nSPS) is 18.1. The second-order valence-electron chi connectivity index (χ2n) is 5.95. The summed E-state index contributed by atoms with van der Waals surface area (Å²) in [5.74, 6) is -0.251. The quantitative estimate of drug-likeness (QED) is 0.803. The first-order valence-electron chi connectivity index (χ1n) is 7.08. The molecule has 0 saturated carbocycles. The Hall–Kier alpha value is -1.79. The van der Waals surface area contributed by atoms with Crippen molar-refractivity contribution in [2.75, 3.05) is 25.1 Å². The molecule has 7 heteroatoms. The van der Waals surface area contributed by atoms with E-state index in [9.17, 15) is 18.0 Å². The molecule has 0 amide bonds. The monoisotopic (exact) mass is 316 g/mol. The number of esters is 1. The van der Waals surface area contributed by atoms with Crippen LogP contribution < -0.4 is 4.90 Å². The van der Waals surface area contributed by atoms with E-state index in [1.165, 1.54) is 13.3 Å². The number of nitrogens with zero attached hydrogens (tertiary/aromatic N) is 2. The molecular weight excluding hydrogens is 297 g/mol. The van der Waals surface area contributed by atoms with Gasteiger partial charge in [0.15, 0.2) is 0 Å². The fourth-order valence-corrected chi connectivity index (χ4v) is 2.67. The minimum atomic E-state index is -4.44. The molecule has 0 radical (unpaired) electrons. The number of methoxy groups -OCH3 is 1. The van der Waals surface area contributed by atoms with Crippen LogP contribution in [0.1, 0.15) is 31.9 Å². The minimum Gasteiger partial charge on any atom is -0.469 e. The van der Waals surface area contributed by atoms with E-state index < -0.39 is 11.9 Å². The number of hydrogen-bond donors (Lipinski definition) is 0. The van der Waals surface area contributed by atoms with E-state index in [0.717, 1.165) is 18.9 Å². The Kier molecular flexibility index (Phi) is 4.63. The molecule has 1 aliphatic heterocycles. The van der Waals surface area contributed by atoms with Gasteiger partial charge in [-0.05, 0) is 30.4 Å².